The quantitative estimate of drug-likeness (QED) is 0.798. The lowest BCUT2D eigenvalue weighted by molar-refractivity contribution is 0.0914. The van der Waals surface area contributed by atoms with Crippen LogP contribution in [-0.4, -0.2) is 52.7 Å². The summed E-state index contributed by atoms with van der Waals surface area (Å²) in [5.74, 6) is 1.61. The van der Waals surface area contributed by atoms with Crippen LogP contribution in [0.15, 0.2) is 4.52 Å². The Morgan fingerprint density at radius 3 is 2.56 bits per heavy atom. The molecule has 1 unspecified atom stereocenters. The first-order chi connectivity index (χ1) is 8.74. The molecule has 2 heterocycles. The van der Waals surface area contributed by atoms with Gasteiger partial charge in [0.05, 0.1) is 6.04 Å². The second kappa shape index (κ2) is 6.29. The van der Waals surface area contributed by atoms with E-state index in [1.165, 1.54) is 0 Å². The number of hydrogen-bond acceptors (Lipinski definition) is 5. The summed E-state index contributed by atoms with van der Waals surface area (Å²) < 4.78 is 5.37. The van der Waals surface area contributed by atoms with Crippen molar-refractivity contribution in [2.45, 2.75) is 39.7 Å². The van der Waals surface area contributed by atoms with Crippen LogP contribution in [0.1, 0.15) is 44.9 Å². The molecule has 0 spiro atoms. The molecule has 1 aromatic rings. The van der Waals surface area contributed by atoms with Gasteiger partial charge >= 0.3 is 0 Å². The van der Waals surface area contributed by atoms with Crippen LogP contribution in [0.25, 0.3) is 0 Å². The SMILES string of the molecule is CCCc1noc(C(C)N2CCN(CC)CC2)n1. The van der Waals surface area contributed by atoms with Gasteiger partial charge in [-0.05, 0) is 19.9 Å². The van der Waals surface area contributed by atoms with Crippen LogP contribution in [0.4, 0.5) is 0 Å². The first-order valence-electron chi connectivity index (χ1n) is 7.03. The Bertz CT molecular complexity index is 358. The maximum absolute atomic E-state index is 5.37. The van der Waals surface area contributed by atoms with E-state index in [0.29, 0.717) is 0 Å². The van der Waals surface area contributed by atoms with E-state index in [9.17, 15) is 0 Å². The molecule has 0 saturated carbocycles. The lowest BCUT2D eigenvalue weighted by Gasteiger charge is -2.36. The number of piperazine rings is 1. The molecule has 1 aromatic heterocycles. The fourth-order valence-electron chi connectivity index (χ4n) is 2.39. The molecule has 1 aliphatic heterocycles. The van der Waals surface area contributed by atoms with Gasteiger partial charge in [0, 0.05) is 32.6 Å². The van der Waals surface area contributed by atoms with E-state index in [2.05, 4.69) is 40.7 Å². The number of aromatic nitrogens is 2. The third kappa shape index (κ3) is 3.09. The van der Waals surface area contributed by atoms with Gasteiger partial charge in [0.1, 0.15) is 0 Å². The lowest BCUT2D eigenvalue weighted by atomic mass is 10.2. The van der Waals surface area contributed by atoms with E-state index in [1.54, 1.807) is 0 Å². The van der Waals surface area contributed by atoms with Crippen LogP contribution < -0.4 is 0 Å². The monoisotopic (exact) mass is 252 g/mol. The summed E-state index contributed by atoms with van der Waals surface area (Å²) in [6.07, 6.45) is 1.96. The van der Waals surface area contributed by atoms with E-state index in [0.717, 1.165) is 57.3 Å². The lowest BCUT2D eigenvalue weighted by Crippen LogP contribution is -2.46. The van der Waals surface area contributed by atoms with Crippen LogP contribution in [0.5, 0.6) is 0 Å². The topological polar surface area (TPSA) is 45.4 Å². The van der Waals surface area contributed by atoms with E-state index in [-0.39, 0.29) is 6.04 Å². The van der Waals surface area contributed by atoms with Crippen molar-refractivity contribution in [3.63, 3.8) is 0 Å². The van der Waals surface area contributed by atoms with Crippen molar-refractivity contribution >= 4 is 0 Å². The highest BCUT2D eigenvalue weighted by molar-refractivity contribution is 4.93. The van der Waals surface area contributed by atoms with Gasteiger partial charge in [0.2, 0.25) is 5.89 Å². The molecule has 0 bridgehead atoms. The Kier molecular flexibility index (Phi) is 4.72. The van der Waals surface area contributed by atoms with Crippen LogP contribution >= 0.6 is 0 Å². The maximum atomic E-state index is 5.37. The number of hydrogen-bond donors (Lipinski definition) is 0. The molecule has 0 aliphatic carbocycles. The maximum Gasteiger partial charge on any atom is 0.243 e. The fraction of sp³-hybridized carbons (Fsp3) is 0.846. The molecule has 0 amide bonds. The normalized spacial score (nSPS) is 20.2. The minimum atomic E-state index is 0.238. The zero-order chi connectivity index (χ0) is 13.0. The number of aryl methyl sites for hydroxylation is 1. The molecule has 1 aliphatic rings. The first-order valence-corrected chi connectivity index (χ1v) is 7.03. The molecule has 5 nitrogen and oxygen atoms in total. The summed E-state index contributed by atoms with van der Waals surface area (Å²) in [6.45, 7) is 12.1. The van der Waals surface area contributed by atoms with Crippen molar-refractivity contribution in [1.82, 2.24) is 19.9 Å². The van der Waals surface area contributed by atoms with Gasteiger partial charge in [-0.25, -0.2) is 0 Å². The molecule has 18 heavy (non-hydrogen) atoms. The Labute approximate surface area is 109 Å². The molecule has 1 saturated heterocycles. The Hall–Kier alpha value is -0.940. The Morgan fingerprint density at radius 1 is 1.22 bits per heavy atom. The zero-order valence-corrected chi connectivity index (χ0v) is 11.7. The second-order valence-corrected chi connectivity index (χ2v) is 4.95. The van der Waals surface area contributed by atoms with Gasteiger partial charge in [0.15, 0.2) is 5.82 Å². The molecule has 1 fully saturated rings. The van der Waals surface area contributed by atoms with Crippen molar-refractivity contribution in [3.05, 3.63) is 11.7 Å². The minimum absolute atomic E-state index is 0.238. The highest BCUT2D eigenvalue weighted by atomic mass is 16.5. The van der Waals surface area contributed by atoms with Crippen molar-refractivity contribution in [3.8, 4) is 0 Å². The summed E-state index contributed by atoms with van der Waals surface area (Å²) in [5.41, 5.74) is 0. The molecular formula is C13H24N4O. The van der Waals surface area contributed by atoms with Crippen molar-refractivity contribution in [2.24, 2.45) is 0 Å². The predicted molar refractivity (Wildman–Crippen MR) is 70.4 cm³/mol. The van der Waals surface area contributed by atoms with E-state index < -0.39 is 0 Å². The standard InChI is InChI=1S/C13H24N4O/c1-4-6-12-14-13(18-15-12)11(3)17-9-7-16(5-2)8-10-17/h11H,4-10H2,1-3H3. The summed E-state index contributed by atoms with van der Waals surface area (Å²) in [7, 11) is 0. The van der Waals surface area contributed by atoms with Crippen LogP contribution in [-0.2, 0) is 6.42 Å². The van der Waals surface area contributed by atoms with Gasteiger partial charge in [-0.1, -0.05) is 19.0 Å². The molecule has 5 heteroatoms. The minimum Gasteiger partial charge on any atom is -0.338 e. The summed E-state index contributed by atoms with van der Waals surface area (Å²) in [5, 5.41) is 4.03. The number of nitrogens with zero attached hydrogens (tertiary/aromatic N) is 4. The zero-order valence-electron chi connectivity index (χ0n) is 11.7. The summed E-state index contributed by atoms with van der Waals surface area (Å²) >= 11 is 0. The number of likely N-dealkylation sites (N-methyl/N-ethyl adjacent to an activating group) is 1. The smallest absolute Gasteiger partial charge is 0.243 e. The molecule has 2 rings (SSSR count). The highest BCUT2D eigenvalue weighted by Crippen LogP contribution is 2.20. The molecular weight excluding hydrogens is 228 g/mol. The van der Waals surface area contributed by atoms with Crippen LogP contribution in [0.2, 0.25) is 0 Å². The van der Waals surface area contributed by atoms with Crippen LogP contribution in [0, 0.1) is 0 Å². The van der Waals surface area contributed by atoms with Crippen molar-refractivity contribution < 1.29 is 4.52 Å². The first kappa shape index (κ1) is 13.5. The third-order valence-corrected chi connectivity index (χ3v) is 3.72. The molecule has 102 valence electrons. The van der Waals surface area contributed by atoms with E-state index in [1.807, 2.05) is 0 Å². The Balaban J connectivity index is 1.92. The Morgan fingerprint density at radius 2 is 1.94 bits per heavy atom. The largest absolute Gasteiger partial charge is 0.338 e. The van der Waals surface area contributed by atoms with E-state index >= 15 is 0 Å². The average molecular weight is 252 g/mol. The molecule has 0 aromatic carbocycles. The van der Waals surface area contributed by atoms with E-state index in [4.69, 9.17) is 4.52 Å². The third-order valence-electron chi connectivity index (χ3n) is 3.72. The average Bonchev–Trinajstić information content (AvgIpc) is 2.87. The van der Waals surface area contributed by atoms with Gasteiger partial charge < -0.3 is 9.42 Å². The summed E-state index contributed by atoms with van der Waals surface area (Å²) in [4.78, 5) is 9.38. The van der Waals surface area contributed by atoms with Gasteiger partial charge in [-0.2, -0.15) is 4.98 Å². The van der Waals surface area contributed by atoms with Crippen molar-refractivity contribution in [2.75, 3.05) is 32.7 Å². The number of rotatable bonds is 5. The molecule has 0 N–H and O–H groups in total. The molecule has 1 atom stereocenters. The van der Waals surface area contributed by atoms with Crippen LogP contribution in [0.3, 0.4) is 0 Å². The fourth-order valence-corrected chi connectivity index (χ4v) is 2.39. The summed E-state index contributed by atoms with van der Waals surface area (Å²) in [6, 6.07) is 0.238. The van der Waals surface area contributed by atoms with Gasteiger partial charge in [0.25, 0.3) is 0 Å². The highest BCUT2D eigenvalue weighted by Gasteiger charge is 2.24. The van der Waals surface area contributed by atoms with Gasteiger partial charge in [-0.3, -0.25) is 4.90 Å². The van der Waals surface area contributed by atoms with Gasteiger partial charge in [-0.15, -0.1) is 0 Å². The second-order valence-electron chi connectivity index (χ2n) is 4.95. The van der Waals surface area contributed by atoms with Crippen molar-refractivity contribution in [1.29, 1.82) is 0 Å². The predicted octanol–water partition coefficient (Wildman–Crippen LogP) is 1.72. The molecule has 0 radical (unpaired) electrons.